The predicted molar refractivity (Wildman–Crippen MR) is 44.9 cm³/mol. The maximum atomic E-state index is 10.6. The Morgan fingerprint density at radius 2 is 2.17 bits per heavy atom. The van der Waals surface area contributed by atoms with Crippen LogP contribution in [0, 0.1) is 5.92 Å². The van der Waals surface area contributed by atoms with E-state index >= 15 is 0 Å². The molecule has 2 aliphatic rings. The number of nitrogens with one attached hydrogen (secondary N) is 1. The molecule has 3 nitrogen and oxygen atoms in total. The van der Waals surface area contributed by atoms with Crippen molar-refractivity contribution in [2.45, 2.75) is 37.6 Å². The second kappa shape index (κ2) is 2.73. The first kappa shape index (κ1) is 8.05. The van der Waals surface area contributed by atoms with Crippen molar-refractivity contribution >= 4 is 5.97 Å². The third-order valence-corrected chi connectivity index (χ3v) is 3.35. The molecular weight excluding hydrogens is 154 g/mol. The van der Waals surface area contributed by atoms with Crippen LogP contribution in [0.3, 0.4) is 0 Å². The summed E-state index contributed by atoms with van der Waals surface area (Å²) in [6.45, 7) is 0.676. The highest BCUT2D eigenvalue weighted by atomic mass is 16.4. The van der Waals surface area contributed by atoms with Gasteiger partial charge in [0.1, 0.15) is 0 Å². The number of hydrogen-bond acceptors (Lipinski definition) is 2. The average Bonchev–Trinajstić information content (AvgIpc) is 2.02. The van der Waals surface area contributed by atoms with Crippen LogP contribution in [0.5, 0.6) is 0 Å². The Morgan fingerprint density at radius 3 is 2.50 bits per heavy atom. The van der Waals surface area contributed by atoms with Gasteiger partial charge in [0, 0.05) is 12.1 Å². The Kier molecular flexibility index (Phi) is 1.83. The van der Waals surface area contributed by atoms with Gasteiger partial charge in [0.25, 0.3) is 0 Å². The van der Waals surface area contributed by atoms with Crippen molar-refractivity contribution in [2.75, 3.05) is 6.54 Å². The van der Waals surface area contributed by atoms with Gasteiger partial charge in [0.05, 0.1) is 5.92 Å². The van der Waals surface area contributed by atoms with Gasteiger partial charge < -0.3 is 10.4 Å². The fourth-order valence-corrected chi connectivity index (χ4v) is 2.22. The zero-order chi connectivity index (χ0) is 8.60. The van der Waals surface area contributed by atoms with Gasteiger partial charge in [-0.25, -0.2) is 0 Å². The topological polar surface area (TPSA) is 49.3 Å². The molecule has 0 radical (unpaired) electrons. The monoisotopic (exact) mass is 169 g/mol. The number of piperidine rings is 1. The number of rotatable bonds is 1. The molecule has 1 heterocycles. The van der Waals surface area contributed by atoms with Gasteiger partial charge in [-0.1, -0.05) is 0 Å². The molecule has 2 rings (SSSR count). The van der Waals surface area contributed by atoms with Crippen molar-refractivity contribution in [3.63, 3.8) is 0 Å². The molecule has 1 saturated heterocycles. The Hall–Kier alpha value is -0.570. The van der Waals surface area contributed by atoms with Crippen LogP contribution in [0.2, 0.25) is 0 Å². The maximum Gasteiger partial charge on any atom is 0.307 e. The highest BCUT2D eigenvalue weighted by molar-refractivity contribution is 5.70. The molecule has 0 amide bonds. The van der Waals surface area contributed by atoms with Crippen LogP contribution in [-0.2, 0) is 4.79 Å². The van der Waals surface area contributed by atoms with Crippen molar-refractivity contribution in [1.29, 1.82) is 0 Å². The molecule has 1 unspecified atom stereocenters. The summed E-state index contributed by atoms with van der Waals surface area (Å²) in [5.74, 6) is -0.784. The zero-order valence-corrected chi connectivity index (χ0v) is 7.18. The van der Waals surface area contributed by atoms with Gasteiger partial charge in [-0.2, -0.15) is 0 Å². The van der Waals surface area contributed by atoms with E-state index in [1.54, 1.807) is 0 Å². The van der Waals surface area contributed by atoms with E-state index < -0.39 is 5.97 Å². The summed E-state index contributed by atoms with van der Waals surface area (Å²) in [4.78, 5) is 10.6. The van der Waals surface area contributed by atoms with Gasteiger partial charge in [0.15, 0.2) is 0 Å². The van der Waals surface area contributed by atoms with Gasteiger partial charge in [0.2, 0.25) is 0 Å². The summed E-state index contributed by atoms with van der Waals surface area (Å²) in [6, 6.07) is 0. The Morgan fingerprint density at radius 1 is 1.42 bits per heavy atom. The Balaban J connectivity index is 1.88. The van der Waals surface area contributed by atoms with Crippen LogP contribution < -0.4 is 5.32 Å². The molecule has 3 heteroatoms. The number of carboxylic acids is 1. The molecule has 12 heavy (non-hydrogen) atoms. The lowest BCUT2D eigenvalue weighted by atomic mass is 9.70. The molecular formula is C9H15NO2. The molecule has 1 atom stereocenters. The number of carboxylic acid groups (broad SMARTS) is 1. The van der Waals surface area contributed by atoms with Gasteiger partial charge in [-0.15, -0.1) is 0 Å². The summed E-state index contributed by atoms with van der Waals surface area (Å²) in [5, 5.41) is 12.1. The first-order valence-electron chi connectivity index (χ1n) is 4.70. The second-order valence-electron chi connectivity index (χ2n) is 4.09. The third kappa shape index (κ3) is 1.22. The standard InChI is InChI=1S/C9H15NO2/c11-8(12)7-2-5-9(10-6-7)3-1-4-9/h7,10H,1-6H2,(H,11,12). The SMILES string of the molecule is O=C(O)C1CCC2(CCC2)NC1. The summed E-state index contributed by atoms with van der Waals surface area (Å²) in [5.41, 5.74) is 0.353. The van der Waals surface area contributed by atoms with Gasteiger partial charge in [-0.05, 0) is 32.1 Å². The molecule has 0 aromatic heterocycles. The average molecular weight is 169 g/mol. The highest BCUT2D eigenvalue weighted by Gasteiger charge is 2.41. The molecule has 0 aromatic carbocycles. The smallest absolute Gasteiger partial charge is 0.307 e. The van der Waals surface area contributed by atoms with Crippen LogP contribution >= 0.6 is 0 Å². The van der Waals surface area contributed by atoms with E-state index in [2.05, 4.69) is 5.32 Å². The minimum atomic E-state index is -0.642. The number of aliphatic carboxylic acids is 1. The zero-order valence-electron chi connectivity index (χ0n) is 7.18. The van der Waals surface area contributed by atoms with Crippen molar-refractivity contribution in [3.8, 4) is 0 Å². The summed E-state index contributed by atoms with van der Waals surface area (Å²) < 4.78 is 0. The Bertz CT molecular complexity index is 189. The number of carbonyl (C=O) groups is 1. The first-order valence-corrected chi connectivity index (χ1v) is 4.70. The van der Waals surface area contributed by atoms with E-state index in [9.17, 15) is 4.79 Å². The summed E-state index contributed by atoms with van der Waals surface area (Å²) in [6.07, 6.45) is 5.73. The van der Waals surface area contributed by atoms with E-state index in [0.717, 1.165) is 12.8 Å². The van der Waals surface area contributed by atoms with Crippen LogP contribution in [0.4, 0.5) is 0 Å². The fraction of sp³-hybridized carbons (Fsp3) is 0.889. The lowest BCUT2D eigenvalue weighted by Gasteiger charge is -2.47. The minimum Gasteiger partial charge on any atom is -0.481 e. The van der Waals surface area contributed by atoms with E-state index in [1.165, 1.54) is 19.3 Å². The molecule has 1 aliphatic heterocycles. The Labute approximate surface area is 72.2 Å². The molecule has 1 saturated carbocycles. The van der Waals surface area contributed by atoms with Crippen molar-refractivity contribution in [1.82, 2.24) is 5.32 Å². The predicted octanol–water partition coefficient (Wildman–Crippen LogP) is 0.993. The molecule has 2 fully saturated rings. The lowest BCUT2D eigenvalue weighted by Crippen LogP contribution is -2.56. The lowest BCUT2D eigenvalue weighted by molar-refractivity contribution is -0.143. The van der Waals surface area contributed by atoms with Crippen LogP contribution in [0.25, 0.3) is 0 Å². The second-order valence-corrected chi connectivity index (χ2v) is 4.09. The van der Waals surface area contributed by atoms with Crippen LogP contribution in [0.1, 0.15) is 32.1 Å². The van der Waals surface area contributed by atoms with Crippen LogP contribution in [-0.4, -0.2) is 23.2 Å². The van der Waals surface area contributed by atoms with E-state index in [-0.39, 0.29) is 5.92 Å². The third-order valence-electron chi connectivity index (χ3n) is 3.35. The molecule has 1 aliphatic carbocycles. The minimum absolute atomic E-state index is 0.142. The molecule has 2 N–H and O–H groups in total. The number of hydrogen-bond donors (Lipinski definition) is 2. The van der Waals surface area contributed by atoms with E-state index in [1.807, 2.05) is 0 Å². The van der Waals surface area contributed by atoms with Crippen molar-refractivity contribution < 1.29 is 9.90 Å². The maximum absolute atomic E-state index is 10.6. The van der Waals surface area contributed by atoms with Crippen LogP contribution in [0.15, 0.2) is 0 Å². The largest absolute Gasteiger partial charge is 0.481 e. The van der Waals surface area contributed by atoms with Crippen molar-refractivity contribution in [3.05, 3.63) is 0 Å². The highest BCUT2D eigenvalue weighted by Crippen LogP contribution is 2.39. The summed E-state index contributed by atoms with van der Waals surface area (Å²) in [7, 11) is 0. The summed E-state index contributed by atoms with van der Waals surface area (Å²) >= 11 is 0. The molecule has 0 bridgehead atoms. The van der Waals surface area contributed by atoms with Crippen molar-refractivity contribution in [2.24, 2.45) is 5.92 Å². The molecule has 68 valence electrons. The van der Waals surface area contributed by atoms with Gasteiger partial charge >= 0.3 is 5.97 Å². The molecule has 0 aromatic rings. The van der Waals surface area contributed by atoms with E-state index in [0.29, 0.717) is 12.1 Å². The first-order chi connectivity index (χ1) is 5.72. The van der Waals surface area contributed by atoms with Gasteiger partial charge in [-0.3, -0.25) is 4.79 Å². The normalized spacial score (nSPS) is 32.8. The fourth-order valence-electron chi connectivity index (χ4n) is 2.22. The quantitative estimate of drug-likeness (QED) is 0.615. The molecule has 1 spiro atoms. The van der Waals surface area contributed by atoms with E-state index in [4.69, 9.17) is 5.11 Å².